The lowest BCUT2D eigenvalue weighted by Gasteiger charge is -2.31. The number of primary amides is 1. The third-order valence-corrected chi connectivity index (χ3v) is 16.9. The number of fused-ring (bicyclic) bond motifs is 2. The molecule has 524 valence electrons. The van der Waals surface area contributed by atoms with Gasteiger partial charge in [-0.2, -0.15) is 0 Å². The van der Waals surface area contributed by atoms with Crippen LogP contribution in [0.15, 0.2) is 116 Å². The van der Waals surface area contributed by atoms with Gasteiger partial charge in [0.15, 0.2) is 0 Å². The number of nitrogens with zero attached hydrogens (tertiary/aromatic N) is 1. The molecular formula is C69H88N14O15. The molecule has 0 bridgehead atoms. The van der Waals surface area contributed by atoms with Crippen LogP contribution in [0, 0.1) is 11.8 Å². The van der Waals surface area contributed by atoms with Gasteiger partial charge in [-0.15, -0.1) is 0 Å². The van der Waals surface area contributed by atoms with E-state index in [1.807, 2.05) is 13.8 Å². The molecule has 0 aliphatic carbocycles. The predicted molar refractivity (Wildman–Crippen MR) is 360 cm³/mol. The van der Waals surface area contributed by atoms with Crippen molar-refractivity contribution < 1.29 is 72.9 Å². The van der Waals surface area contributed by atoms with Crippen LogP contribution in [0.3, 0.4) is 0 Å². The van der Waals surface area contributed by atoms with Crippen LogP contribution in [0.4, 0.5) is 0 Å². The molecule has 1 aliphatic heterocycles. The van der Waals surface area contributed by atoms with E-state index in [-0.39, 0.29) is 75.6 Å². The van der Waals surface area contributed by atoms with Crippen molar-refractivity contribution in [3.63, 3.8) is 0 Å². The van der Waals surface area contributed by atoms with Crippen molar-refractivity contribution in [3.8, 4) is 5.75 Å². The third kappa shape index (κ3) is 21.2. The standard InChI is InChI=1S/C69H88N14O15/c1-37(2)28-49(76-60(88)48(20-12-26-70)75-67(95)59(72)38(3)4)61(89)81-54(30-40-22-24-43(84)25-23-40)68(96)83-27-13-21-56(83)66(94)80-51(31-41-35-73-46-18-10-8-16-44(41)46)63(91)77-50(29-39-14-6-5-7-15-39)62(90)78-52(33-57(71)85)64(92)79-53(34-58(86)87)65(93)82-55(69(97)98)32-42-36-74-47-19-11-9-17-45(42)47/h5-11,14-19,22-25,35-38,48-56,59,73-74,84H,12-13,20-21,26-34,70,72H2,1-4H3,(H2,71,85)(H,75,95)(H,76,88)(H,77,91)(H,78,90)(H,79,92)(H,80,94)(H,81,89)(H,82,93)(H,86,87)(H,97,98)/t48-,49-,50-,51-,52-,53-,54-,55-,56-,59-/m0/s1. The summed E-state index contributed by atoms with van der Waals surface area (Å²) >= 11 is 0. The van der Waals surface area contributed by atoms with Crippen LogP contribution >= 0.6 is 0 Å². The molecule has 0 saturated carbocycles. The minimum Gasteiger partial charge on any atom is -0.508 e. The van der Waals surface area contributed by atoms with E-state index < -0.39 is 144 Å². The van der Waals surface area contributed by atoms with Crippen molar-refractivity contribution in [1.82, 2.24) is 57.4 Å². The molecule has 7 rings (SSSR count). The van der Waals surface area contributed by atoms with E-state index in [1.165, 1.54) is 17.0 Å². The van der Waals surface area contributed by atoms with Gasteiger partial charge in [0.05, 0.1) is 18.9 Å². The SMILES string of the molecule is CC(C)C[C@H](NC(=O)[C@H](CCCN)NC(=O)[C@@H](N)C(C)C)C(=O)N[C@@H](Cc1ccc(O)cc1)C(=O)N1CCC[C@H]1C(=O)N[C@@H](Cc1c[nH]c2ccccc12)C(=O)N[C@@H](Cc1ccccc1)C(=O)N[C@@H](CC(N)=O)C(=O)N[C@@H](CC(=O)O)C(=O)N[C@@H](Cc1c[nH]c2ccccc12)C(=O)O. The van der Waals surface area contributed by atoms with Gasteiger partial charge in [0, 0.05) is 66.4 Å². The minimum atomic E-state index is -1.97. The molecule has 1 aliphatic rings. The number of hydrogen-bond donors (Lipinski definition) is 16. The molecule has 3 heterocycles. The van der Waals surface area contributed by atoms with Gasteiger partial charge in [0.25, 0.3) is 0 Å². The van der Waals surface area contributed by atoms with Crippen molar-refractivity contribution in [3.05, 3.63) is 138 Å². The summed E-state index contributed by atoms with van der Waals surface area (Å²) in [4.78, 5) is 175. The Hall–Kier alpha value is -10.7. The van der Waals surface area contributed by atoms with E-state index >= 15 is 14.4 Å². The zero-order chi connectivity index (χ0) is 71.3. The first kappa shape index (κ1) is 74.7. The van der Waals surface area contributed by atoms with Gasteiger partial charge in [-0.1, -0.05) is 107 Å². The lowest BCUT2D eigenvalue weighted by molar-refractivity contribution is -0.144. The zero-order valence-corrected chi connectivity index (χ0v) is 55.0. The number of carboxylic acids is 2. The fourth-order valence-corrected chi connectivity index (χ4v) is 11.6. The highest BCUT2D eigenvalue weighted by atomic mass is 16.4. The van der Waals surface area contributed by atoms with Crippen molar-refractivity contribution in [2.45, 2.75) is 159 Å². The Labute approximate surface area is 565 Å². The molecule has 0 radical (unpaired) electrons. The Balaban J connectivity index is 1.14. The first-order valence-corrected chi connectivity index (χ1v) is 32.5. The summed E-state index contributed by atoms with van der Waals surface area (Å²) in [5, 5.41) is 52.3. The van der Waals surface area contributed by atoms with Gasteiger partial charge in [-0.3, -0.25) is 52.7 Å². The van der Waals surface area contributed by atoms with Crippen LogP contribution in [-0.2, 0) is 83.2 Å². The number of aliphatic carboxylic acids is 2. The van der Waals surface area contributed by atoms with Crippen LogP contribution < -0.4 is 59.7 Å². The van der Waals surface area contributed by atoms with Gasteiger partial charge in [-0.25, -0.2) is 4.79 Å². The van der Waals surface area contributed by atoms with Crippen molar-refractivity contribution in [2.75, 3.05) is 13.1 Å². The van der Waals surface area contributed by atoms with E-state index in [9.17, 15) is 58.5 Å². The maximum atomic E-state index is 15.2. The number of hydrogen-bond acceptors (Lipinski definition) is 15. The average Bonchev–Trinajstić information content (AvgIpc) is 1.61. The van der Waals surface area contributed by atoms with Crippen molar-refractivity contribution >= 4 is 92.8 Å². The van der Waals surface area contributed by atoms with E-state index in [0.717, 1.165) is 0 Å². The van der Waals surface area contributed by atoms with E-state index in [4.69, 9.17) is 17.2 Å². The number of aromatic nitrogens is 2. The number of nitrogens with two attached hydrogens (primary N) is 3. The number of carbonyl (C=O) groups excluding carboxylic acids is 10. The Morgan fingerprint density at radius 2 is 0.990 bits per heavy atom. The minimum absolute atomic E-state index is 0.0150. The molecule has 10 atom stereocenters. The number of aromatic hydroxyl groups is 1. The van der Waals surface area contributed by atoms with Crippen LogP contribution in [0.1, 0.15) is 94.9 Å². The van der Waals surface area contributed by atoms with Crippen LogP contribution in [0.2, 0.25) is 0 Å². The number of amides is 10. The number of para-hydroxylation sites is 2. The molecule has 29 heteroatoms. The number of phenolic OH excluding ortho intramolecular Hbond substituents is 1. The third-order valence-electron chi connectivity index (χ3n) is 16.9. The molecule has 19 N–H and O–H groups in total. The monoisotopic (exact) mass is 1350 g/mol. The highest BCUT2D eigenvalue weighted by Gasteiger charge is 2.42. The molecule has 98 heavy (non-hydrogen) atoms. The van der Waals surface area contributed by atoms with E-state index in [1.54, 1.807) is 117 Å². The number of benzene rings is 4. The second-order valence-corrected chi connectivity index (χ2v) is 25.3. The normalized spacial score (nSPS) is 15.7. The number of nitrogens with one attached hydrogen (secondary N) is 10. The second kappa shape index (κ2) is 35.4. The largest absolute Gasteiger partial charge is 0.508 e. The molecule has 29 nitrogen and oxygen atoms in total. The summed E-state index contributed by atoms with van der Waals surface area (Å²) in [7, 11) is 0. The Morgan fingerprint density at radius 1 is 0.531 bits per heavy atom. The highest BCUT2D eigenvalue weighted by Crippen LogP contribution is 2.25. The summed E-state index contributed by atoms with van der Waals surface area (Å²) in [6, 6.07) is 13.7. The number of carbonyl (C=O) groups is 12. The van der Waals surface area contributed by atoms with Gasteiger partial charge in [0.2, 0.25) is 59.1 Å². The molecule has 6 aromatic rings. The summed E-state index contributed by atoms with van der Waals surface area (Å²) in [6.07, 6.45) is 1.24. The van der Waals surface area contributed by atoms with Gasteiger partial charge in [0.1, 0.15) is 60.1 Å². The Kier molecular flexibility index (Phi) is 27.0. The molecule has 10 amide bonds. The molecule has 4 aromatic carbocycles. The Morgan fingerprint density at radius 3 is 1.54 bits per heavy atom. The van der Waals surface area contributed by atoms with E-state index in [0.29, 0.717) is 56.9 Å². The first-order valence-electron chi connectivity index (χ1n) is 32.5. The second-order valence-electron chi connectivity index (χ2n) is 25.3. The predicted octanol–water partition coefficient (Wildman–Crippen LogP) is 0.698. The quantitative estimate of drug-likeness (QED) is 0.0257. The first-order chi connectivity index (χ1) is 46.7. The number of aromatic amines is 2. The van der Waals surface area contributed by atoms with Crippen molar-refractivity contribution in [1.29, 1.82) is 0 Å². The van der Waals surface area contributed by atoms with Gasteiger partial charge < -0.3 is 89.9 Å². The molecule has 1 fully saturated rings. The van der Waals surface area contributed by atoms with Crippen molar-refractivity contribution in [2.24, 2.45) is 29.0 Å². The highest BCUT2D eigenvalue weighted by molar-refractivity contribution is 6.01. The molecule has 0 unspecified atom stereocenters. The summed E-state index contributed by atoms with van der Waals surface area (Å²) in [5.41, 5.74) is 20.9. The topological polar surface area (TPSA) is 475 Å². The number of H-pyrrole nitrogens is 2. The smallest absolute Gasteiger partial charge is 0.326 e. The molecule has 0 spiro atoms. The number of likely N-dealkylation sites (tertiary alicyclic amines) is 1. The Bertz CT molecular complexity index is 3820. The number of rotatable bonds is 36. The lowest BCUT2D eigenvalue weighted by atomic mass is 9.99. The molecular weight excluding hydrogens is 1260 g/mol. The summed E-state index contributed by atoms with van der Waals surface area (Å²) in [6.45, 7) is 7.37. The maximum Gasteiger partial charge on any atom is 0.326 e. The van der Waals surface area contributed by atoms with E-state index in [2.05, 4.69) is 52.5 Å². The molecule has 1 saturated heterocycles. The van der Waals surface area contributed by atoms with Crippen LogP contribution in [0.25, 0.3) is 21.8 Å². The maximum absolute atomic E-state index is 15.2. The lowest BCUT2D eigenvalue weighted by Crippen LogP contribution is -2.61. The fraction of sp³-hybridized carbons (Fsp3) is 0.420. The number of carboxylic acid groups (broad SMARTS) is 2. The summed E-state index contributed by atoms with van der Waals surface area (Å²) < 4.78 is 0. The van der Waals surface area contributed by atoms with Crippen LogP contribution in [0.5, 0.6) is 5.75 Å². The van der Waals surface area contributed by atoms with Gasteiger partial charge in [-0.05, 0) is 97.0 Å². The zero-order valence-electron chi connectivity index (χ0n) is 55.0. The van der Waals surface area contributed by atoms with Crippen LogP contribution in [-0.4, -0.2) is 175 Å². The fourth-order valence-electron chi connectivity index (χ4n) is 11.6. The number of phenols is 1. The molecule has 2 aromatic heterocycles. The summed E-state index contributed by atoms with van der Waals surface area (Å²) in [5.74, 6) is -12.8. The average molecular weight is 1350 g/mol. The van der Waals surface area contributed by atoms with Gasteiger partial charge >= 0.3 is 11.9 Å².